The maximum absolute atomic E-state index is 14.2. The predicted molar refractivity (Wildman–Crippen MR) is 250 cm³/mol. The van der Waals surface area contributed by atoms with Crippen molar-refractivity contribution in [2.75, 3.05) is 6.61 Å². The van der Waals surface area contributed by atoms with Gasteiger partial charge < -0.3 is 19.3 Å². The van der Waals surface area contributed by atoms with E-state index in [4.69, 9.17) is 28.5 Å². The van der Waals surface area contributed by atoms with Gasteiger partial charge in [-0.05, 0) is 38.9 Å². The molecule has 0 spiro atoms. The van der Waals surface area contributed by atoms with Crippen molar-refractivity contribution in [2.24, 2.45) is 0 Å². The van der Waals surface area contributed by atoms with Gasteiger partial charge in [-0.15, -0.1) is 0 Å². The van der Waals surface area contributed by atoms with Crippen molar-refractivity contribution in [3.05, 3.63) is 263 Å². The molecule has 0 amide bonds. The highest BCUT2D eigenvalue weighted by Crippen LogP contribution is 2.42. The minimum Gasteiger partial charge on any atom is -0.382 e. The lowest BCUT2D eigenvalue weighted by Crippen LogP contribution is -2.49. The molecule has 0 radical (unpaired) electrons. The molecule has 8 aromatic rings. The molecule has 1 aromatic heterocycles. The molecule has 0 saturated heterocycles. The summed E-state index contributed by atoms with van der Waals surface area (Å²) in [4.78, 5) is 4.80. The molecule has 0 bridgehead atoms. The van der Waals surface area contributed by atoms with Gasteiger partial charge in [0.15, 0.2) is 5.82 Å². The summed E-state index contributed by atoms with van der Waals surface area (Å²) in [5.41, 5.74) is 4.47. The van der Waals surface area contributed by atoms with Crippen LogP contribution in [0.4, 0.5) is 0 Å². The van der Waals surface area contributed by atoms with Crippen molar-refractivity contribution in [3.63, 3.8) is 0 Å². The molecule has 0 saturated carbocycles. The van der Waals surface area contributed by atoms with Crippen molar-refractivity contribution < 1.29 is 31.9 Å². The maximum atomic E-state index is 14.2. The summed E-state index contributed by atoms with van der Waals surface area (Å²) in [7, 11) is -4.31. The molecule has 7 aromatic carbocycles. The highest BCUT2D eigenvalue weighted by molar-refractivity contribution is 7.85. The summed E-state index contributed by atoms with van der Waals surface area (Å²) in [5.74, 6) is -0.266. The monoisotopic (exact) mass is 885 g/mol. The van der Waals surface area contributed by atoms with Crippen molar-refractivity contribution in [1.29, 1.82) is 0 Å². The van der Waals surface area contributed by atoms with Crippen LogP contribution in [0.25, 0.3) is 0 Å². The second-order valence-electron chi connectivity index (χ2n) is 15.6. The summed E-state index contributed by atoms with van der Waals surface area (Å²) in [6.07, 6.45) is -4.10. The Balaban J connectivity index is 1.28. The van der Waals surface area contributed by atoms with Crippen LogP contribution in [0.3, 0.4) is 0 Å². The van der Waals surface area contributed by atoms with Gasteiger partial charge in [0.1, 0.15) is 42.0 Å². The number of hydrogen-bond acceptors (Lipinski definition) is 9. The molecule has 0 aliphatic heterocycles. The molecule has 4 atom stereocenters. The SMILES string of the molecule is O=S(=O)(Cc1ccccc1)O[C@@H](COCc1ccccc1)[C@@H](OCc1ccccc1)[C@H](OCc1ccccc1)[C@H](O)c1ncnn1C(c1ccccc1)(c1ccccc1)c1ccccc1. The summed E-state index contributed by atoms with van der Waals surface area (Å²) in [6.45, 7) is -0.0349. The molecule has 0 aliphatic carbocycles. The number of benzene rings is 7. The third-order valence-corrected chi connectivity index (χ3v) is 12.4. The fourth-order valence-electron chi connectivity index (χ4n) is 8.12. The summed E-state index contributed by atoms with van der Waals surface area (Å²) in [5, 5.41) is 18.1. The molecule has 0 fully saturated rings. The van der Waals surface area contributed by atoms with Crippen molar-refractivity contribution in [2.45, 2.75) is 55.5 Å². The average molecular weight is 886 g/mol. The Morgan fingerprint density at radius 3 is 1.34 bits per heavy atom. The quantitative estimate of drug-likeness (QED) is 0.0524. The zero-order chi connectivity index (χ0) is 44.7. The Kier molecular flexibility index (Phi) is 15.2. The minimum atomic E-state index is -4.31. The van der Waals surface area contributed by atoms with Crippen LogP contribution in [0.2, 0.25) is 0 Å². The van der Waals surface area contributed by atoms with Crippen LogP contribution in [-0.2, 0) is 59.6 Å². The predicted octanol–water partition coefficient (Wildman–Crippen LogP) is 9.45. The van der Waals surface area contributed by atoms with Crippen LogP contribution in [0.5, 0.6) is 0 Å². The van der Waals surface area contributed by atoms with Crippen LogP contribution in [-0.4, -0.2) is 53.2 Å². The van der Waals surface area contributed by atoms with E-state index < -0.39 is 45.8 Å². The minimum absolute atomic E-state index is 0.0232. The van der Waals surface area contributed by atoms with Crippen LogP contribution in [0.15, 0.2) is 219 Å². The number of rotatable bonds is 22. The van der Waals surface area contributed by atoms with E-state index in [2.05, 4.69) is 0 Å². The van der Waals surface area contributed by atoms with Gasteiger partial charge in [0, 0.05) is 0 Å². The van der Waals surface area contributed by atoms with Crippen molar-refractivity contribution in [3.8, 4) is 0 Å². The third-order valence-electron chi connectivity index (χ3n) is 11.2. The van der Waals surface area contributed by atoms with Crippen LogP contribution >= 0.6 is 0 Å². The van der Waals surface area contributed by atoms with E-state index in [0.717, 1.165) is 33.4 Å². The molecule has 0 unspecified atom stereocenters. The smallest absolute Gasteiger partial charge is 0.271 e. The van der Waals surface area contributed by atoms with Crippen molar-refractivity contribution in [1.82, 2.24) is 14.8 Å². The molecule has 330 valence electrons. The lowest BCUT2D eigenvalue weighted by molar-refractivity contribution is -0.173. The first kappa shape index (κ1) is 45.0. The molecular weight excluding hydrogens is 835 g/mol. The van der Waals surface area contributed by atoms with Gasteiger partial charge in [0.05, 0.1) is 26.4 Å². The van der Waals surface area contributed by atoms with E-state index in [-0.39, 0.29) is 32.3 Å². The number of aromatic nitrogens is 3. The number of ether oxygens (including phenoxy) is 3. The lowest BCUT2D eigenvalue weighted by atomic mass is 9.77. The molecule has 1 N–H and O–H groups in total. The first-order chi connectivity index (χ1) is 31.9. The van der Waals surface area contributed by atoms with E-state index in [1.807, 2.05) is 188 Å². The van der Waals surface area contributed by atoms with Crippen LogP contribution < -0.4 is 0 Å². The molecule has 0 aliphatic rings. The molecule has 1 heterocycles. The molecular formula is C54H51N3O7S. The van der Waals surface area contributed by atoms with Gasteiger partial charge in [-0.25, -0.2) is 9.67 Å². The highest BCUT2D eigenvalue weighted by atomic mass is 32.2. The van der Waals surface area contributed by atoms with Crippen LogP contribution in [0.1, 0.15) is 50.9 Å². The third kappa shape index (κ3) is 11.2. The molecule has 10 nitrogen and oxygen atoms in total. The standard InChI is InChI=1S/C54H51N3O7S/c58-50(53-55-41-56-57(53)54(46-30-16-5-17-31-46,47-32-18-6-19-33-47)48-34-20-7-21-35-48)52(63-38-44-26-12-3-13-27-44)51(62-37-43-24-10-2-11-25-43)49(39-61-36-42-22-8-1-9-23-42)64-65(59,60)40-45-28-14-4-15-29-45/h1-35,41,49-52,58H,36-40H2/t49-,50-,51+,52+/m0/s1. The maximum Gasteiger partial charge on any atom is 0.271 e. The summed E-state index contributed by atoms with van der Waals surface area (Å²) in [6, 6.07) is 67.3. The van der Waals surface area contributed by atoms with Crippen LogP contribution in [0, 0.1) is 0 Å². The first-order valence-electron chi connectivity index (χ1n) is 21.5. The number of hydrogen-bond donors (Lipinski definition) is 1. The Labute approximate surface area is 380 Å². The first-order valence-corrected chi connectivity index (χ1v) is 23.1. The molecule has 65 heavy (non-hydrogen) atoms. The summed E-state index contributed by atoms with van der Waals surface area (Å²) >= 11 is 0. The number of aliphatic hydroxyl groups excluding tert-OH is 1. The topological polar surface area (TPSA) is 122 Å². The summed E-state index contributed by atoms with van der Waals surface area (Å²) < 4.78 is 56.4. The Hall–Kier alpha value is -6.57. The lowest BCUT2D eigenvalue weighted by Gasteiger charge is -2.39. The van der Waals surface area contributed by atoms with Gasteiger partial charge in [-0.3, -0.25) is 4.18 Å². The Bertz CT molecular complexity index is 2640. The average Bonchev–Trinajstić information content (AvgIpc) is 3.85. The van der Waals surface area contributed by atoms with Gasteiger partial charge in [-0.2, -0.15) is 13.5 Å². The zero-order valence-corrected chi connectivity index (χ0v) is 36.6. The normalized spacial score (nSPS) is 13.7. The van der Waals surface area contributed by atoms with E-state index >= 15 is 0 Å². The second kappa shape index (κ2) is 21.9. The molecule has 8 rings (SSSR count). The number of aliphatic hydroxyl groups is 1. The van der Waals surface area contributed by atoms with Gasteiger partial charge in [0.25, 0.3) is 10.1 Å². The van der Waals surface area contributed by atoms with Crippen molar-refractivity contribution >= 4 is 10.1 Å². The largest absolute Gasteiger partial charge is 0.382 e. The fraction of sp³-hybridized carbons (Fsp3) is 0.185. The van der Waals surface area contributed by atoms with E-state index in [9.17, 15) is 13.5 Å². The van der Waals surface area contributed by atoms with Gasteiger partial charge in [0.2, 0.25) is 0 Å². The van der Waals surface area contributed by atoms with Gasteiger partial charge in [-0.1, -0.05) is 212 Å². The highest BCUT2D eigenvalue weighted by Gasteiger charge is 2.46. The van der Waals surface area contributed by atoms with E-state index in [1.54, 1.807) is 28.9 Å². The Morgan fingerprint density at radius 1 is 0.508 bits per heavy atom. The van der Waals surface area contributed by atoms with E-state index in [1.165, 1.54) is 6.33 Å². The number of nitrogens with zero attached hydrogens (tertiary/aromatic N) is 3. The fourth-order valence-corrected chi connectivity index (χ4v) is 9.33. The zero-order valence-electron chi connectivity index (χ0n) is 35.8. The van der Waals surface area contributed by atoms with E-state index in [0.29, 0.717) is 5.56 Å². The Morgan fingerprint density at radius 2 is 0.892 bits per heavy atom. The van der Waals surface area contributed by atoms with Gasteiger partial charge >= 0.3 is 0 Å². The molecule has 11 heteroatoms. The second-order valence-corrected chi connectivity index (χ2v) is 17.2.